The van der Waals surface area contributed by atoms with Gasteiger partial charge in [0.2, 0.25) is 5.75 Å². The molecule has 0 heterocycles. The fourth-order valence-electron chi connectivity index (χ4n) is 7.07. The molecule has 0 fully saturated rings. The Morgan fingerprint density at radius 2 is 0.732 bits per heavy atom. The van der Waals surface area contributed by atoms with Crippen molar-refractivity contribution in [1.29, 1.82) is 0 Å². The summed E-state index contributed by atoms with van der Waals surface area (Å²) < 4.78 is 19.5. The molecular formula is C49H82N2O5. The van der Waals surface area contributed by atoms with Crippen molar-refractivity contribution < 1.29 is 24.1 Å². The molecular weight excluding hydrogens is 697 g/mol. The zero-order valence-corrected chi connectivity index (χ0v) is 36.3. The van der Waals surface area contributed by atoms with Crippen molar-refractivity contribution in [2.24, 2.45) is 10.2 Å². The van der Waals surface area contributed by atoms with Gasteiger partial charge in [-0.2, -0.15) is 10.2 Å². The molecule has 0 aliphatic heterocycles. The fraction of sp³-hybridized carbons (Fsp3) is 0.735. The van der Waals surface area contributed by atoms with E-state index in [4.69, 9.17) is 14.2 Å². The van der Waals surface area contributed by atoms with Gasteiger partial charge in [-0.3, -0.25) is 0 Å². The van der Waals surface area contributed by atoms with E-state index < -0.39 is 5.97 Å². The van der Waals surface area contributed by atoms with Gasteiger partial charge in [-0.25, -0.2) is 4.79 Å². The summed E-state index contributed by atoms with van der Waals surface area (Å²) >= 11 is 0. The van der Waals surface area contributed by atoms with Crippen molar-refractivity contribution in [2.45, 2.75) is 213 Å². The highest BCUT2D eigenvalue weighted by Gasteiger charge is 2.17. The predicted molar refractivity (Wildman–Crippen MR) is 236 cm³/mol. The molecule has 0 unspecified atom stereocenters. The molecule has 56 heavy (non-hydrogen) atoms. The number of hydrogen-bond donors (Lipinski definition) is 1. The van der Waals surface area contributed by atoms with Gasteiger partial charge < -0.3 is 19.3 Å². The van der Waals surface area contributed by atoms with Crippen LogP contribution in [0.3, 0.4) is 0 Å². The molecule has 0 bridgehead atoms. The van der Waals surface area contributed by atoms with Crippen molar-refractivity contribution in [2.75, 3.05) is 19.8 Å². The number of carboxylic acids is 1. The summed E-state index contributed by atoms with van der Waals surface area (Å²) in [5.41, 5.74) is 1.42. The number of benzene rings is 2. The summed E-state index contributed by atoms with van der Waals surface area (Å²) in [6.07, 6.45) is 38.3. The highest BCUT2D eigenvalue weighted by molar-refractivity contribution is 5.87. The van der Waals surface area contributed by atoms with Gasteiger partial charge in [0.05, 0.1) is 36.8 Å². The topological polar surface area (TPSA) is 89.7 Å². The second-order valence-electron chi connectivity index (χ2n) is 15.9. The van der Waals surface area contributed by atoms with Crippen LogP contribution in [-0.4, -0.2) is 30.9 Å². The number of rotatable bonds is 39. The molecule has 0 aromatic heterocycles. The first kappa shape index (κ1) is 49.1. The second kappa shape index (κ2) is 35.1. The lowest BCUT2D eigenvalue weighted by molar-refractivity contribution is 0.0697. The van der Waals surface area contributed by atoms with E-state index in [9.17, 15) is 9.90 Å². The van der Waals surface area contributed by atoms with Gasteiger partial charge >= 0.3 is 5.97 Å². The molecule has 0 saturated carbocycles. The van der Waals surface area contributed by atoms with Gasteiger partial charge in [0, 0.05) is 12.1 Å². The van der Waals surface area contributed by atoms with Crippen LogP contribution in [0, 0.1) is 0 Å². The van der Waals surface area contributed by atoms with Crippen LogP contribution in [0.25, 0.3) is 0 Å². The van der Waals surface area contributed by atoms with Crippen molar-refractivity contribution in [3.63, 3.8) is 0 Å². The molecule has 0 saturated heterocycles. The molecule has 0 amide bonds. The Labute approximate surface area is 343 Å². The van der Waals surface area contributed by atoms with Gasteiger partial charge in [-0.1, -0.05) is 194 Å². The Morgan fingerprint density at radius 1 is 0.429 bits per heavy atom. The first-order valence-electron chi connectivity index (χ1n) is 23.4. The SMILES string of the molecule is CCCCCCCCCCCCOc1cc(N=Nc2ccc(C(=O)O)cc2)cc(OCCCCCCCCCCCC)c1OCCCCCCCCCCCC. The fourth-order valence-corrected chi connectivity index (χ4v) is 7.07. The van der Waals surface area contributed by atoms with E-state index in [-0.39, 0.29) is 5.56 Å². The standard InChI is InChI=1S/C49H82N2O5/c1-4-7-10-13-16-19-22-25-28-31-38-54-46-41-45(51-50-44-36-34-43(35-37-44)49(52)53)42-47(55-39-32-29-26-23-20-17-14-11-8-5-2)48(46)56-40-33-30-27-24-21-18-15-12-9-6-3/h34-37,41-42H,4-33,38-40H2,1-3H3,(H,52,53). The molecule has 2 rings (SSSR count). The highest BCUT2D eigenvalue weighted by Crippen LogP contribution is 2.42. The molecule has 0 spiro atoms. The molecule has 2 aromatic rings. The third-order valence-electron chi connectivity index (χ3n) is 10.7. The molecule has 318 valence electrons. The van der Waals surface area contributed by atoms with Gasteiger partial charge in [0.1, 0.15) is 0 Å². The maximum Gasteiger partial charge on any atom is 0.335 e. The highest BCUT2D eigenvalue weighted by atomic mass is 16.5. The quantitative estimate of drug-likeness (QED) is 0.0539. The minimum Gasteiger partial charge on any atom is -0.489 e. The lowest BCUT2D eigenvalue weighted by Gasteiger charge is -2.18. The lowest BCUT2D eigenvalue weighted by atomic mass is 10.1. The van der Waals surface area contributed by atoms with Crippen molar-refractivity contribution >= 4 is 17.3 Å². The Kier molecular flexibility index (Phi) is 30.8. The molecule has 7 heteroatoms. The predicted octanol–water partition coefficient (Wildman–Crippen LogP) is 16.7. The van der Waals surface area contributed by atoms with Gasteiger partial charge in [0.15, 0.2) is 11.5 Å². The number of ether oxygens (including phenoxy) is 3. The smallest absolute Gasteiger partial charge is 0.335 e. The van der Waals surface area contributed by atoms with Crippen LogP contribution in [-0.2, 0) is 0 Å². The number of carboxylic acid groups (broad SMARTS) is 1. The number of carbonyl (C=O) groups is 1. The van der Waals surface area contributed by atoms with Crippen LogP contribution in [0.5, 0.6) is 17.2 Å². The summed E-state index contributed by atoms with van der Waals surface area (Å²) in [5, 5.41) is 18.3. The van der Waals surface area contributed by atoms with Crippen molar-refractivity contribution in [1.82, 2.24) is 0 Å². The van der Waals surface area contributed by atoms with Gasteiger partial charge in [-0.15, -0.1) is 0 Å². The summed E-state index contributed by atoms with van der Waals surface area (Å²) in [5.74, 6) is 1.02. The first-order chi connectivity index (χ1) is 27.6. The molecule has 0 aliphatic rings. The Bertz CT molecular complexity index is 1200. The van der Waals surface area contributed by atoms with E-state index in [1.54, 1.807) is 24.3 Å². The van der Waals surface area contributed by atoms with Crippen LogP contribution in [0.15, 0.2) is 46.6 Å². The van der Waals surface area contributed by atoms with Crippen LogP contribution >= 0.6 is 0 Å². The van der Waals surface area contributed by atoms with Crippen LogP contribution in [0.1, 0.15) is 224 Å². The molecule has 0 aliphatic carbocycles. The Hall–Kier alpha value is -3.09. The van der Waals surface area contributed by atoms with E-state index in [2.05, 4.69) is 31.0 Å². The summed E-state index contributed by atoms with van der Waals surface area (Å²) in [6.45, 7) is 8.66. The first-order valence-corrected chi connectivity index (χ1v) is 23.4. The van der Waals surface area contributed by atoms with Crippen molar-refractivity contribution in [3.05, 3.63) is 42.0 Å². The maximum atomic E-state index is 11.3. The second-order valence-corrected chi connectivity index (χ2v) is 15.9. The Balaban J connectivity index is 2.07. The number of aromatic carboxylic acids is 1. The zero-order chi connectivity index (χ0) is 40.2. The molecule has 7 nitrogen and oxygen atoms in total. The van der Waals surface area contributed by atoms with Crippen LogP contribution < -0.4 is 14.2 Å². The van der Waals surface area contributed by atoms with E-state index in [1.807, 2.05) is 12.1 Å². The summed E-state index contributed by atoms with van der Waals surface area (Å²) in [6, 6.07) is 10.2. The third kappa shape index (κ3) is 25.2. The van der Waals surface area contributed by atoms with E-state index in [0.29, 0.717) is 48.4 Å². The minimum atomic E-state index is -0.963. The summed E-state index contributed by atoms with van der Waals surface area (Å²) in [4.78, 5) is 11.3. The number of nitrogens with zero attached hydrogens (tertiary/aromatic N) is 2. The van der Waals surface area contributed by atoms with E-state index in [0.717, 1.165) is 38.5 Å². The monoisotopic (exact) mass is 779 g/mol. The van der Waals surface area contributed by atoms with Gasteiger partial charge in [-0.05, 0) is 43.5 Å². The molecule has 0 radical (unpaired) electrons. The van der Waals surface area contributed by atoms with E-state index >= 15 is 0 Å². The number of unbranched alkanes of at least 4 members (excludes halogenated alkanes) is 27. The number of hydrogen-bond acceptors (Lipinski definition) is 6. The summed E-state index contributed by atoms with van der Waals surface area (Å²) in [7, 11) is 0. The van der Waals surface area contributed by atoms with Crippen LogP contribution in [0.2, 0.25) is 0 Å². The Morgan fingerprint density at radius 3 is 1.07 bits per heavy atom. The molecule has 0 atom stereocenters. The maximum absolute atomic E-state index is 11.3. The lowest BCUT2D eigenvalue weighted by Crippen LogP contribution is -2.06. The van der Waals surface area contributed by atoms with Crippen molar-refractivity contribution in [3.8, 4) is 17.2 Å². The molecule has 2 aromatic carbocycles. The minimum absolute atomic E-state index is 0.221. The largest absolute Gasteiger partial charge is 0.489 e. The average Bonchev–Trinajstić information content (AvgIpc) is 3.21. The third-order valence-corrected chi connectivity index (χ3v) is 10.7. The molecule has 1 N–H and O–H groups in total. The van der Waals surface area contributed by atoms with Crippen LogP contribution in [0.4, 0.5) is 11.4 Å². The average molecular weight is 779 g/mol. The van der Waals surface area contributed by atoms with Gasteiger partial charge in [0.25, 0.3) is 0 Å². The zero-order valence-electron chi connectivity index (χ0n) is 36.3. The normalized spacial score (nSPS) is 11.4. The van der Waals surface area contributed by atoms with E-state index in [1.165, 1.54) is 154 Å². The number of azo groups is 1.